The first kappa shape index (κ1) is 9.53. The molecule has 0 atom stereocenters. The first-order chi connectivity index (χ1) is 6.72. The van der Waals surface area contributed by atoms with Crippen LogP contribution < -0.4 is 0 Å². The Morgan fingerprint density at radius 2 is 2.00 bits per heavy atom. The molecule has 0 aliphatic heterocycles. The van der Waals surface area contributed by atoms with Crippen LogP contribution in [0.3, 0.4) is 0 Å². The Labute approximate surface area is 91.5 Å². The summed E-state index contributed by atoms with van der Waals surface area (Å²) in [5.41, 5.74) is 1.55. The molecule has 0 saturated heterocycles. The Hall–Kier alpha value is -1.03. The van der Waals surface area contributed by atoms with Crippen molar-refractivity contribution in [2.45, 2.75) is 6.32 Å². The monoisotopic (exact) mass is 247 g/mol. The van der Waals surface area contributed by atoms with Crippen LogP contribution in [0.2, 0.25) is 0 Å². The number of nitrogens with zero attached hydrogens (tertiary/aromatic N) is 1. The molecule has 0 unspecified atom stereocenters. The van der Waals surface area contributed by atoms with E-state index in [1.54, 1.807) is 6.07 Å². The minimum atomic E-state index is 0.194. The summed E-state index contributed by atoms with van der Waals surface area (Å²) >= 11 is 3.29. The van der Waals surface area contributed by atoms with Crippen molar-refractivity contribution in [3.8, 4) is 5.75 Å². The normalized spacial score (nSPS) is 10.6. The summed E-state index contributed by atoms with van der Waals surface area (Å²) < 4.78 is 0.616. The smallest absolute Gasteiger partial charge is 0.132 e. The van der Waals surface area contributed by atoms with E-state index >= 15 is 0 Å². The SMILES string of the molecule is [B]Cc1ccc2ccc(O)c(Br)c2n1. The summed E-state index contributed by atoms with van der Waals surface area (Å²) in [5.74, 6) is 0.194. The highest BCUT2D eigenvalue weighted by atomic mass is 79.9. The van der Waals surface area contributed by atoms with Gasteiger partial charge in [-0.3, -0.25) is 4.98 Å². The fourth-order valence-corrected chi connectivity index (χ4v) is 1.75. The van der Waals surface area contributed by atoms with Gasteiger partial charge in [0.2, 0.25) is 0 Å². The van der Waals surface area contributed by atoms with Gasteiger partial charge in [0.1, 0.15) is 5.75 Å². The number of hydrogen-bond donors (Lipinski definition) is 1. The van der Waals surface area contributed by atoms with Gasteiger partial charge in [0.15, 0.2) is 0 Å². The Kier molecular flexibility index (Phi) is 2.46. The van der Waals surface area contributed by atoms with Crippen molar-refractivity contribution >= 4 is 34.7 Å². The first-order valence-corrected chi connectivity index (χ1v) is 4.99. The van der Waals surface area contributed by atoms with Gasteiger partial charge in [-0.2, -0.15) is 0 Å². The predicted molar refractivity (Wildman–Crippen MR) is 60.6 cm³/mol. The average molecular weight is 248 g/mol. The molecule has 0 saturated carbocycles. The van der Waals surface area contributed by atoms with E-state index in [1.807, 2.05) is 18.2 Å². The molecule has 1 heterocycles. The highest BCUT2D eigenvalue weighted by Crippen LogP contribution is 2.30. The van der Waals surface area contributed by atoms with Crippen molar-refractivity contribution in [3.63, 3.8) is 0 Å². The van der Waals surface area contributed by atoms with Gasteiger partial charge in [-0.25, -0.2) is 0 Å². The predicted octanol–water partition coefficient (Wildman–Crippen LogP) is 2.37. The minimum Gasteiger partial charge on any atom is -0.507 e. The lowest BCUT2D eigenvalue weighted by Gasteiger charge is -2.04. The standard InChI is InChI=1S/C10H7BBrNO/c11-5-7-3-1-6-2-4-8(14)9(12)10(6)13-7/h1-4,14H,5H2. The van der Waals surface area contributed by atoms with Gasteiger partial charge in [-0.1, -0.05) is 6.07 Å². The maximum Gasteiger partial charge on any atom is 0.132 e. The van der Waals surface area contributed by atoms with Crippen molar-refractivity contribution in [1.29, 1.82) is 0 Å². The lowest BCUT2D eigenvalue weighted by Crippen LogP contribution is -1.90. The third kappa shape index (κ3) is 1.50. The molecule has 0 aliphatic carbocycles. The molecular formula is C10H7BBrNO. The number of halogens is 1. The maximum atomic E-state index is 9.46. The van der Waals surface area contributed by atoms with E-state index in [1.165, 1.54) is 0 Å². The number of benzene rings is 1. The Balaban J connectivity index is 2.78. The molecule has 2 radical (unpaired) electrons. The lowest BCUT2D eigenvalue weighted by molar-refractivity contribution is 0.473. The second-order valence-corrected chi connectivity index (χ2v) is 3.77. The van der Waals surface area contributed by atoms with E-state index in [9.17, 15) is 5.11 Å². The summed E-state index contributed by atoms with van der Waals surface area (Å²) in [6.45, 7) is 0. The number of rotatable bonds is 1. The summed E-state index contributed by atoms with van der Waals surface area (Å²) in [5, 5.41) is 10.4. The molecule has 1 aromatic heterocycles. The van der Waals surface area contributed by atoms with Gasteiger partial charge in [-0.05, 0) is 40.4 Å². The summed E-state index contributed by atoms with van der Waals surface area (Å²) in [6, 6.07) is 7.28. The molecule has 2 nitrogen and oxygen atoms in total. The minimum absolute atomic E-state index is 0.194. The van der Waals surface area contributed by atoms with Gasteiger partial charge in [0.25, 0.3) is 0 Å². The summed E-state index contributed by atoms with van der Waals surface area (Å²) in [6.07, 6.45) is 0.401. The van der Waals surface area contributed by atoms with Crippen molar-refractivity contribution < 1.29 is 5.11 Å². The molecule has 0 spiro atoms. The van der Waals surface area contributed by atoms with Crippen LogP contribution in [0.15, 0.2) is 28.7 Å². The van der Waals surface area contributed by atoms with Gasteiger partial charge in [0.05, 0.1) is 17.8 Å². The van der Waals surface area contributed by atoms with Gasteiger partial charge in [-0.15, -0.1) is 0 Å². The van der Waals surface area contributed by atoms with Crippen LogP contribution in [-0.4, -0.2) is 17.9 Å². The van der Waals surface area contributed by atoms with Crippen molar-refractivity contribution in [3.05, 3.63) is 34.4 Å². The van der Waals surface area contributed by atoms with Crippen LogP contribution in [0.25, 0.3) is 10.9 Å². The molecule has 1 aromatic carbocycles. The van der Waals surface area contributed by atoms with Gasteiger partial charge in [0, 0.05) is 11.1 Å². The highest BCUT2D eigenvalue weighted by Gasteiger charge is 2.05. The third-order valence-corrected chi connectivity index (χ3v) is 2.83. The first-order valence-electron chi connectivity index (χ1n) is 4.19. The molecule has 14 heavy (non-hydrogen) atoms. The Morgan fingerprint density at radius 1 is 1.29 bits per heavy atom. The number of fused-ring (bicyclic) bond motifs is 1. The van der Waals surface area contributed by atoms with Crippen LogP contribution in [-0.2, 0) is 6.32 Å². The van der Waals surface area contributed by atoms with Crippen LogP contribution in [0.1, 0.15) is 5.69 Å². The Morgan fingerprint density at radius 3 is 2.71 bits per heavy atom. The number of hydrogen-bond acceptors (Lipinski definition) is 2. The molecule has 0 fully saturated rings. The molecule has 4 heteroatoms. The van der Waals surface area contributed by atoms with Crippen LogP contribution in [0, 0.1) is 0 Å². The van der Waals surface area contributed by atoms with Gasteiger partial charge < -0.3 is 5.11 Å². The molecular weight excluding hydrogens is 241 g/mol. The summed E-state index contributed by atoms with van der Waals surface area (Å²) in [4.78, 5) is 4.32. The molecule has 68 valence electrons. The zero-order valence-electron chi connectivity index (χ0n) is 7.37. The van der Waals surface area contributed by atoms with E-state index in [4.69, 9.17) is 7.85 Å². The van der Waals surface area contributed by atoms with E-state index in [-0.39, 0.29) is 5.75 Å². The number of phenols is 1. The van der Waals surface area contributed by atoms with E-state index < -0.39 is 0 Å². The van der Waals surface area contributed by atoms with E-state index in [2.05, 4.69) is 20.9 Å². The number of aromatic hydroxyl groups is 1. The lowest BCUT2D eigenvalue weighted by atomic mass is 10.0. The quantitative estimate of drug-likeness (QED) is 0.785. The topological polar surface area (TPSA) is 33.1 Å². The van der Waals surface area contributed by atoms with Crippen molar-refractivity contribution in [2.24, 2.45) is 0 Å². The fraction of sp³-hybridized carbons (Fsp3) is 0.100. The Bertz CT molecular complexity index is 487. The number of pyridine rings is 1. The second kappa shape index (κ2) is 3.61. The van der Waals surface area contributed by atoms with Crippen LogP contribution in [0.5, 0.6) is 5.75 Å². The number of phenolic OH excluding ortho intramolecular Hbond substituents is 1. The average Bonchev–Trinajstić information content (AvgIpc) is 2.23. The highest BCUT2D eigenvalue weighted by molar-refractivity contribution is 9.10. The largest absolute Gasteiger partial charge is 0.507 e. The number of aromatic nitrogens is 1. The van der Waals surface area contributed by atoms with E-state index in [0.29, 0.717) is 10.8 Å². The summed E-state index contributed by atoms with van der Waals surface area (Å²) in [7, 11) is 5.49. The van der Waals surface area contributed by atoms with Crippen LogP contribution in [0.4, 0.5) is 0 Å². The molecule has 0 bridgehead atoms. The molecule has 0 amide bonds. The molecule has 0 aliphatic rings. The van der Waals surface area contributed by atoms with Crippen LogP contribution >= 0.6 is 15.9 Å². The molecule has 2 aromatic rings. The van der Waals surface area contributed by atoms with Gasteiger partial charge >= 0.3 is 0 Å². The van der Waals surface area contributed by atoms with E-state index in [0.717, 1.165) is 16.6 Å². The third-order valence-electron chi connectivity index (χ3n) is 2.05. The van der Waals surface area contributed by atoms with Crippen molar-refractivity contribution in [2.75, 3.05) is 0 Å². The second-order valence-electron chi connectivity index (χ2n) is 2.98. The zero-order valence-corrected chi connectivity index (χ0v) is 8.95. The molecule has 2 rings (SSSR count). The molecule has 1 N–H and O–H groups in total. The fourth-order valence-electron chi connectivity index (χ4n) is 1.30. The zero-order chi connectivity index (χ0) is 10.1. The van der Waals surface area contributed by atoms with Crippen molar-refractivity contribution in [1.82, 2.24) is 4.98 Å². The maximum absolute atomic E-state index is 9.46.